The zero-order chi connectivity index (χ0) is 17.3. The second kappa shape index (κ2) is 6.38. The van der Waals surface area contributed by atoms with Crippen molar-refractivity contribution in [1.29, 1.82) is 0 Å². The monoisotopic (exact) mass is 342 g/mol. The molecule has 0 radical (unpaired) electrons. The zero-order valence-corrected chi connectivity index (χ0v) is 14.1. The third kappa shape index (κ3) is 2.94. The molecule has 1 aliphatic heterocycles. The Morgan fingerprint density at radius 3 is 3.04 bits per heavy atom. The van der Waals surface area contributed by atoms with E-state index in [1.54, 1.807) is 19.5 Å². The van der Waals surface area contributed by atoms with Gasteiger partial charge in [-0.3, -0.25) is 4.98 Å². The molecule has 1 unspecified atom stereocenters. The standard InChI is InChI=1S/C17H18N4O4/c1-11-14(7-12-8-18-5-3-13(12)19-11)24-9-15-20-21-16(25-15)17(22-2)4-6-23-10-17/h3,5,7-8H,4,6,9-10H2,1-2H3. The zero-order valence-electron chi connectivity index (χ0n) is 14.1. The summed E-state index contributed by atoms with van der Waals surface area (Å²) in [7, 11) is 1.62. The summed E-state index contributed by atoms with van der Waals surface area (Å²) in [5.74, 6) is 1.46. The average Bonchev–Trinajstić information content (AvgIpc) is 3.30. The fourth-order valence-corrected chi connectivity index (χ4v) is 2.84. The Hall–Kier alpha value is -2.58. The van der Waals surface area contributed by atoms with Crippen LogP contribution in [0.2, 0.25) is 0 Å². The quantitative estimate of drug-likeness (QED) is 0.696. The molecule has 0 amide bonds. The Kier molecular flexibility index (Phi) is 4.06. The van der Waals surface area contributed by atoms with E-state index in [-0.39, 0.29) is 6.61 Å². The van der Waals surface area contributed by atoms with Gasteiger partial charge in [0.2, 0.25) is 0 Å². The molecule has 0 saturated carbocycles. The summed E-state index contributed by atoms with van der Waals surface area (Å²) >= 11 is 0. The van der Waals surface area contributed by atoms with Gasteiger partial charge in [0.25, 0.3) is 11.8 Å². The lowest BCUT2D eigenvalue weighted by Crippen LogP contribution is -2.29. The average molecular weight is 342 g/mol. The van der Waals surface area contributed by atoms with Crippen molar-refractivity contribution in [3.05, 3.63) is 42.0 Å². The molecule has 8 heteroatoms. The molecular weight excluding hydrogens is 324 g/mol. The van der Waals surface area contributed by atoms with Gasteiger partial charge >= 0.3 is 0 Å². The summed E-state index contributed by atoms with van der Waals surface area (Å²) in [5.41, 5.74) is 1.01. The molecule has 4 heterocycles. The number of ether oxygens (including phenoxy) is 3. The van der Waals surface area contributed by atoms with E-state index in [0.29, 0.717) is 37.2 Å². The number of rotatable bonds is 5. The summed E-state index contributed by atoms with van der Waals surface area (Å²) in [6, 6.07) is 3.77. The van der Waals surface area contributed by atoms with Gasteiger partial charge in [-0.2, -0.15) is 0 Å². The minimum Gasteiger partial charge on any atom is -0.482 e. The number of aryl methyl sites for hydroxylation is 1. The maximum Gasteiger partial charge on any atom is 0.254 e. The highest BCUT2D eigenvalue weighted by Crippen LogP contribution is 2.33. The topological polar surface area (TPSA) is 92.4 Å². The molecule has 130 valence electrons. The molecular formula is C17H18N4O4. The van der Waals surface area contributed by atoms with Crippen LogP contribution in [0.1, 0.15) is 23.9 Å². The maximum atomic E-state index is 5.81. The van der Waals surface area contributed by atoms with Crippen LogP contribution in [-0.2, 0) is 21.7 Å². The highest BCUT2D eigenvalue weighted by molar-refractivity contribution is 5.79. The molecule has 1 fully saturated rings. The third-order valence-electron chi connectivity index (χ3n) is 4.34. The Labute approximate surface area is 144 Å². The Morgan fingerprint density at radius 2 is 2.24 bits per heavy atom. The number of fused-ring (bicyclic) bond motifs is 1. The van der Waals surface area contributed by atoms with Crippen molar-refractivity contribution in [2.45, 2.75) is 25.6 Å². The van der Waals surface area contributed by atoms with Gasteiger partial charge in [-0.1, -0.05) is 0 Å². The first kappa shape index (κ1) is 15.9. The van der Waals surface area contributed by atoms with Crippen LogP contribution in [0.3, 0.4) is 0 Å². The molecule has 8 nitrogen and oxygen atoms in total. The van der Waals surface area contributed by atoms with E-state index in [2.05, 4.69) is 20.2 Å². The van der Waals surface area contributed by atoms with Gasteiger partial charge in [0, 0.05) is 31.3 Å². The first-order valence-corrected chi connectivity index (χ1v) is 8.00. The van der Waals surface area contributed by atoms with E-state index in [1.807, 2.05) is 19.1 Å². The van der Waals surface area contributed by atoms with Crippen molar-refractivity contribution >= 4 is 10.9 Å². The van der Waals surface area contributed by atoms with Crippen LogP contribution >= 0.6 is 0 Å². The van der Waals surface area contributed by atoms with Gasteiger partial charge in [-0.15, -0.1) is 10.2 Å². The summed E-state index contributed by atoms with van der Waals surface area (Å²) in [5, 5.41) is 9.06. The molecule has 1 aliphatic rings. The van der Waals surface area contributed by atoms with E-state index in [9.17, 15) is 0 Å². The van der Waals surface area contributed by atoms with Crippen LogP contribution in [0, 0.1) is 6.92 Å². The molecule has 0 spiro atoms. The minimum atomic E-state index is -0.655. The predicted molar refractivity (Wildman–Crippen MR) is 87.0 cm³/mol. The van der Waals surface area contributed by atoms with Gasteiger partial charge in [-0.25, -0.2) is 4.98 Å². The van der Waals surface area contributed by atoms with E-state index in [4.69, 9.17) is 18.6 Å². The van der Waals surface area contributed by atoms with Crippen molar-refractivity contribution in [2.75, 3.05) is 20.3 Å². The highest BCUT2D eigenvalue weighted by atomic mass is 16.6. The van der Waals surface area contributed by atoms with Crippen molar-refractivity contribution < 1.29 is 18.6 Å². The summed E-state index contributed by atoms with van der Waals surface area (Å²) in [4.78, 5) is 8.62. The number of aromatic nitrogens is 4. The summed E-state index contributed by atoms with van der Waals surface area (Å²) in [6.45, 7) is 3.07. The van der Waals surface area contributed by atoms with Crippen molar-refractivity contribution in [3.63, 3.8) is 0 Å². The molecule has 0 N–H and O–H groups in total. The fraction of sp³-hybridized carbons (Fsp3) is 0.412. The lowest BCUT2D eigenvalue weighted by atomic mass is 10.0. The SMILES string of the molecule is COC1(c2nnc(COc3cc4cnccc4nc3C)o2)CCOC1. The second-order valence-corrected chi connectivity index (χ2v) is 5.93. The van der Waals surface area contributed by atoms with Crippen LogP contribution in [0.25, 0.3) is 10.9 Å². The Balaban J connectivity index is 1.51. The fourth-order valence-electron chi connectivity index (χ4n) is 2.84. The third-order valence-corrected chi connectivity index (χ3v) is 4.34. The van der Waals surface area contributed by atoms with Crippen molar-refractivity contribution in [2.24, 2.45) is 0 Å². The molecule has 0 aliphatic carbocycles. The van der Waals surface area contributed by atoms with Crippen molar-refractivity contribution in [3.8, 4) is 5.75 Å². The largest absolute Gasteiger partial charge is 0.482 e. The first-order valence-electron chi connectivity index (χ1n) is 8.00. The second-order valence-electron chi connectivity index (χ2n) is 5.93. The van der Waals surface area contributed by atoms with E-state index in [0.717, 1.165) is 16.6 Å². The summed E-state index contributed by atoms with van der Waals surface area (Å²) < 4.78 is 22.5. The summed E-state index contributed by atoms with van der Waals surface area (Å²) in [6.07, 6.45) is 4.15. The first-order chi connectivity index (χ1) is 12.2. The van der Waals surface area contributed by atoms with Crippen LogP contribution < -0.4 is 4.74 Å². The maximum absolute atomic E-state index is 5.81. The predicted octanol–water partition coefficient (Wildman–Crippen LogP) is 2.16. The Bertz CT molecular complexity index is 889. The lowest BCUT2D eigenvalue weighted by molar-refractivity contribution is -0.0420. The lowest BCUT2D eigenvalue weighted by Gasteiger charge is -2.20. The molecule has 0 bridgehead atoms. The Morgan fingerprint density at radius 1 is 1.32 bits per heavy atom. The van der Waals surface area contributed by atoms with Crippen LogP contribution in [0.15, 0.2) is 28.9 Å². The van der Waals surface area contributed by atoms with E-state index >= 15 is 0 Å². The molecule has 3 aromatic heterocycles. The number of hydrogen-bond acceptors (Lipinski definition) is 8. The van der Waals surface area contributed by atoms with Gasteiger partial charge in [0.15, 0.2) is 12.2 Å². The number of methoxy groups -OCH3 is 1. The minimum absolute atomic E-state index is 0.155. The highest BCUT2D eigenvalue weighted by Gasteiger charge is 2.42. The molecule has 3 aromatic rings. The molecule has 1 atom stereocenters. The molecule has 1 saturated heterocycles. The number of pyridine rings is 2. The molecule has 25 heavy (non-hydrogen) atoms. The van der Waals surface area contributed by atoms with Crippen LogP contribution in [0.4, 0.5) is 0 Å². The van der Waals surface area contributed by atoms with E-state index < -0.39 is 5.60 Å². The number of nitrogens with zero attached hydrogens (tertiary/aromatic N) is 4. The smallest absolute Gasteiger partial charge is 0.254 e. The normalized spacial score (nSPS) is 20.2. The molecule has 0 aromatic carbocycles. The van der Waals surface area contributed by atoms with E-state index in [1.165, 1.54) is 0 Å². The number of hydrogen-bond donors (Lipinski definition) is 0. The van der Waals surface area contributed by atoms with Gasteiger partial charge < -0.3 is 18.6 Å². The van der Waals surface area contributed by atoms with Gasteiger partial charge in [0.05, 0.1) is 24.4 Å². The van der Waals surface area contributed by atoms with Crippen LogP contribution in [0.5, 0.6) is 5.75 Å². The van der Waals surface area contributed by atoms with Crippen LogP contribution in [-0.4, -0.2) is 40.5 Å². The van der Waals surface area contributed by atoms with Gasteiger partial charge in [0.1, 0.15) is 5.75 Å². The molecule has 4 rings (SSSR count). The van der Waals surface area contributed by atoms with Crippen molar-refractivity contribution in [1.82, 2.24) is 20.2 Å². The van der Waals surface area contributed by atoms with Gasteiger partial charge in [-0.05, 0) is 19.1 Å².